The van der Waals surface area contributed by atoms with Crippen LogP contribution >= 0.6 is 139 Å². The highest BCUT2D eigenvalue weighted by Crippen LogP contribution is 2.48. The van der Waals surface area contributed by atoms with Crippen molar-refractivity contribution < 1.29 is 0 Å². The van der Waals surface area contributed by atoms with Crippen molar-refractivity contribution in [2.45, 2.75) is 172 Å². The molecule has 2 bridgehead atoms. The van der Waals surface area contributed by atoms with E-state index in [1.54, 1.807) is 0 Å². The molecule has 0 amide bonds. The predicted molar refractivity (Wildman–Crippen MR) is 511 cm³/mol. The Kier molecular flexibility index (Phi) is 31.0. The molecule has 0 N–H and O–H groups in total. The summed E-state index contributed by atoms with van der Waals surface area (Å²) in [6.07, 6.45) is 20.1. The molecule has 8 fully saturated rings. The Morgan fingerprint density at radius 3 is 0.882 bits per heavy atom. The Hall–Kier alpha value is -4.50. The van der Waals surface area contributed by atoms with Crippen molar-refractivity contribution in [1.29, 1.82) is 0 Å². The van der Waals surface area contributed by atoms with Gasteiger partial charge < -0.3 is 19.6 Å². The van der Waals surface area contributed by atoms with Crippen molar-refractivity contribution in [3.05, 3.63) is 288 Å². The highest BCUT2D eigenvalue weighted by molar-refractivity contribution is 6.38. The van der Waals surface area contributed by atoms with E-state index in [2.05, 4.69) is 152 Å². The maximum atomic E-state index is 6.64. The van der Waals surface area contributed by atoms with Gasteiger partial charge in [-0.15, -0.1) is 0 Å². The quantitative estimate of drug-likeness (QED) is 0.113. The largest absolute Gasteiger partial charge is 0.361 e. The maximum absolute atomic E-state index is 6.64. The summed E-state index contributed by atoms with van der Waals surface area (Å²) in [6, 6.07) is 68.9. The van der Waals surface area contributed by atoms with E-state index in [9.17, 15) is 0 Å². The highest BCUT2D eigenvalue weighted by atomic mass is 35.5. The molecule has 4 aliphatic heterocycles. The number of hydrogen-bond acceptors (Lipinski definition) is 8. The monoisotopic (exact) mass is 1830 g/mol. The first-order valence-electron chi connectivity index (χ1n) is 43.4. The molecule has 8 nitrogen and oxygen atoms in total. The SMILES string of the molecule is CC(C)C1CCC(N2CCN(c3ccc(Cl)cc3Cl)C(c3ccc(Cl)cc3)C2)CC1.CC1CC(C)CC(N2CCN(c3ccc(Cl)cc3Cl)C(c3ccc(Cl)cc3)C2)C1.Clc1ccc(C2CN(C3C4CCCC3CCC4)CCN2c2ccc(Cl)cc2Cl)cc1.Clc1ccc(C2CN(C3Cc4ccccc4C3)CCN2c2ccc(Cl)cc2Cl)cc1. The van der Waals surface area contributed by atoms with Gasteiger partial charge in [0.1, 0.15) is 0 Å². The van der Waals surface area contributed by atoms with E-state index in [1.165, 1.54) is 117 Å². The van der Waals surface area contributed by atoms with Crippen LogP contribution in [0.15, 0.2) is 194 Å². The number of rotatable bonds is 13. The number of benzene rings is 9. The van der Waals surface area contributed by atoms with Crippen LogP contribution in [-0.2, 0) is 12.8 Å². The van der Waals surface area contributed by atoms with Crippen LogP contribution in [0.25, 0.3) is 0 Å². The van der Waals surface area contributed by atoms with Crippen LogP contribution < -0.4 is 19.6 Å². The van der Waals surface area contributed by atoms with Crippen LogP contribution in [0, 0.1) is 35.5 Å². The minimum Gasteiger partial charge on any atom is -0.361 e. The average Bonchev–Trinajstić information content (AvgIpc) is 1.31. The number of nitrogens with zero attached hydrogens (tertiary/aromatic N) is 8. The summed E-state index contributed by atoms with van der Waals surface area (Å²) in [7, 11) is 0. The molecule has 6 atom stereocenters. The molecule has 9 aromatic rings. The fourth-order valence-electron chi connectivity index (χ4n) is 21.7. The minimum atomic E-state index is 0.207. The van der Waals surface area contributed by atoms with Gasteiger partial charge >= 0.3 is 0 Å². The molecule has 119 heavy (non-hydrogen) atoms. The molecule has 0 radical (unpaired) electrons. The molecule has 18 rings (SSSR count). The molecule has 5 aliphatic carbocycles. The van der Waals surface area contributed by atoms with E-state index < -0.39 is 0 Å². The fourth-order valence-corrected chi connectivity index (χ4v) is 24.3. The summed E-state index contributed by atoms with van der Waals surface area (Å²) in [5.74, 6) is 5.07. The lowest BCUT2D eigenvalue weighted by molar-refractivity contribution is 0.0103. The first kappa shape index (κ1) is 89.3. The number of piperazine rings is 4. The second-order valence-corrected chi connectivity index (χ2v) is 40.6. The predicted octanol–water partition coefficient (Wildman–Crippen LogP) is 29.2. The lowest BCUT2D eigenvalue weighted by Crippen LogP contribution is -2.57. The fraction of sp³-hybridized carbons (Fsp3) is 0.455. The number of anilines is 4. The number of halogens is 12. The van der Waals surface area contributed by atoms with E-state index in [0.717, 1.165) is 181 Å². The van der Waals surface area contributed by atoms with Crippen molar-refractivity contribution in [1.82, 2.24) is 19.6 Å². The van der Waals surface area contributed by atoms with E-state index in [4.69, 9.17) is 139 Å². The van der Waals surface area contributed by atoms with Crippen LogP contribution in [0.4, 0.5) is 22.7 Å². The van der Waals surface area contributed by atoms with Gasteiger partial charge in [0, 0.05) is 143 Å². The molecule has 4 heterocycles. The molecule has 4 saturated heterocycles. The van der Waals surface area contributed by atoms with E-state index in [-0.39, 0.29) is 24.2 Å². The van der Waals surface area contributed by atoms with Crippen LogP contribution in [0.5, 0.6) is 0 Å². The van der Waals surface area contributed by atoms with Gasteiger partial charge in [0.15, 0.2) is 0 Å². The summed E-state index contributed by atoms with van der Waals surface area (Å²) >= 11 is 75.8. The van der Waals surface area contributed by atoms with Crippen LogP contribution in [-0.4, -0.2) is 122 Å². The number of fused-ring (bicyclic) bond motifs is 3. The molecular weight excluding hydrogens is 1730 g/mol. The molecule has 632 valence electrons. The van der Waals surface area contributed by atoms with Crippen molar-refractivity contribution in [3.63, 3.8) is 0 Å². The zero-order chi connectivity index (χ0) is 83.1. The Bertz CT molecular complexity index is 4760. The molecule has 0 aromatic heterocycles. The standard InChI is InChI=1S/C25H29Cl3N2.C25H23Cl3N2.C25H31Cl3N2.C24H29Cl3N2/c26-20-9-7-17(8-10-20)24-16-29(25-18-3-1-4-19(25)6-2-5-18)13-14-30(24)23-12-11-21(27)15-22(23)28;26-20-7-5-17(6-8-20)25-16-29(22-13-18-3-1-2-4-19(18)14-22)11-12-30(25)24-10-9-21(27)15-23(24)28;1-17(2)18-5-10-22(11-6-18)29-13-14-30(24-12-9-21(27)15-23(24)28)25(16-29)19-3-7-20(26)8-4-19;1-16-11-17(2)13-21(12-16)28-9-10-29(23-8-7-20(26)14-22(23)27)24(15-28)18-3-5-19(25)6-4-18/h7-12,15,18-19,24-25H,1-6,13-14,16H2;1-10,15,22,25H,11-14,16H2;3-4,7-9,12,15,17-18,22,25H,5-6,10-11,13-14,16H2,1-2H3;3-8,14,16-17,21,24H,9-13,15H2,1-2H3. The Morgan fingerprint density at radius 2 is 0.571 bits per heavy atom. The second-order valence-electron chi connectivity index (χ2n) is 35.5. The molecule has 4 saturated carbocycles. The molecule has 6 unspecified atom stereocenters. The van der Waals surface area contributed by atoms with Crippen molar-refractivity contribution in [3.8, 4) is 0 Å². The van der Waals surface area contributed by atoms with Gasteiger partial charge in [-0.2, -0.15) is 0 Å². The van der Waals surface area contributed by atoms with Crippen molar-refractivity contribution in [2.75, 3.05) is 98.1 Å². The lowest BCUT2D eigenvalue weighted by Gasteiger charge is -2.53. The smallest absolute Gasteiger partial charge is 0.0670 e. The van der Waals surface area contributed by atoms with Gasteiger partial charge in [0.05, 0.1) is 67.0 Å². The van der Waals surface area contributed by atoms with E-state index in [0.29, 0.717) is 53.3 Å². The van der Waals surface area contributed by atoms with E-state index >= 15 is 0 Å². The maximum Gasteiger partial charge on any atom is 0.0670 e. The van der Waals surface area contributed by atoms with Crippen molar-refractivity contribution in [2.24, 2.45) is 35.5 Å². The summed E-state index contributed by atoms with van der Waals surface area (Å²) in [5, 5.41) is 8.62. The minimum absolute atomic E-state index is 0.207. The van der Waals surface area contributed by atoms with Gasteiger partial charge in [0.2, 0.25) is 0 Å². The summed E-state index contributed by atoms with van der Waals surface area (Å²) in [4.78, 5) is 20.7. The second kappa shape index (κ2) is 41.3. The average molecular weight is 1840 g/mol. The lowest BCUT2D eigenvalue weighted by atomic mass is 9.67. The first-order valence-corrected chi connectivity index (χ1v) is 48.0. The zero-order valence-corrected chi connectivity index (χ0v) is 77.8. The van der Waals surface area contributed by atoms with Gasteiger partial charge in [0.25, 0.3) is 0 Å². The Morgan fingerprint density at radius 1 is 0.286 bits per heavy atom. The third kappa shape index (κ3) is 22.1. The third-order valence-electron chi connectivity index (χ3n) is 27.6. The normalized spacial score (nSPS) is 25.9. The summed E-state index contributed by atoms with van der Waals surface area (Å²) in [6.45, 7) is 21.6. The molecule has 20 heteroatoms. The molecule has 9 aromatic carbocycles. The molecule has 9 aliphatic rings. The topological polar surface area (TPSA) is 25.9 Å². The van der Waals surface area contributed by atoms with Gasteiger partial charge in [-0.25, -0.2) is 0 Å². The first-order chi connectivity index (χ1) is 57.5. The zero-order valence-electron chi connectivity index (χ0n) is 68.8. The van der Waals surface area contributed by atoms with Gasteiger partial charge in [-0.05, 0) is 274 Å². The van der Waals surface area contributed by atoms with Crippen LogP contribution in [0.2, 0.25) is 60.3 Å². The van der Waals surface area contributed by atoms with Gasteiger partial charge in [-0.3, -0.25) is 19.6 Å². The van der Waals surface area contributed by atoms with Crippen LogP contribution in [0.3, 0.4) is 0 Å². The number of hydrogen-bond donors (Lipinski definition) is 0. The van der Waals surface area contributed by atoms with Crippen molar-refractivity contribution >= 4 is 162 Å². The Balaban J connectivity index is 0.000000124. The van der Waals surface area contributed by atoms with Gasteiger partial charge in [-0.1, -0.05) is 253 Å². The van der Waals surface area contributed by atoms with E-state index in [1.807, 2.05) is 109 Å². The van der Waals surface area contributed by atoms with Crippen LogP contribution in [0.1, 0.15) is 169 Å². The Labute approximate surface area is 768 Å². The summed E-state index contributed by atoms with van der Waals surface area (Å²) < 4.78 is 0. The molecular formula is C99H112Cl12N8. The third-order valence-corrected chi connectivity index (χ3v) is 30.8. The molecule has 0 spiro atoms. The highest BCUT2D eigenvalue weighted by Gasteiger charge is 2.44. The summed E-state index contributed by atoms with van der Waals surface area (Å²) in [5.41, 5.74) is 12.3.